The molecule has 0 aliphatic heterocycles. The van der Waals surface area contributed by atoms with E-state index in [4.69, 9.17) is 6.42 Å². The molecule has 0 N–H and O–H groups in total. The van der Waals surface area contributed by atoms with Gasteiger partial charge < -0.3 is 0 Å². The van der Waals surface area contributed by atoms with E-state index in [0.717, 1.165) is 30.2 Å². The van der Waals surface area contributed by atoms with Crippen molar-refractivity contribution in [1.29, 1.82) is 0 Å². The Morgan fingerprint density at radius 3 is 3.00 bits per heavy atom. The number of hydrogen-bond acceptors (Lipinski definition) is 3. The van der Waals surface area contributed by atoms with E-state index in [2.05, 4.69) is 28.2 Å². The summed E-state index contributed by atoms with van der Waals surface area (Å²) in [5.41, 5.74) is 1.14. The van der Waals surface area contributed by atoms with Crippen molar-refractivity contribution >= 4 is 11.3 Å². The van der Waals surface area contributed by atoms with Gasteiger partial charge in [-0.2, -0.15) is 0 Å². The molecule has 0 aromatic carbocycles. The molecule has 0 aliphatic carbocycles. The summed E-state index contributed by atoms with van der Waals surface area (Å²) < 4.78 is 0. The molecule has 70 valence electrons. The summed E-state index contributed by atoms with van der Waals surface area (Å²) in [5, 5.41) is 3.22. The van der Waals surface area contributed by atoms with Gasteiger partial charge in [0, 0.05) is 24.9 Å². The van der Waals surface area contributed by atoms with Gasteiger partial charge in [-0.3, -0.25) is 4.90 Å². The number of aryl methyl sites for hydroxylation is 1. The summed E-state index contributed by atoms with van der Waals surface area (Å²) >= 11 is 1.69. The van der Waals surface area contributed by atoms with Crippen LogP contribution < -0.4 is 0 Å². The highest BCUT2D eigenvalue weighted by molar-refractivity contribution is 7.09. The van der Waals surface area contributed by atoms with Gasteiger partial charge in [-0.25, -0.2) is 4.98 Å². The van der Waals surface area contributed by atoms with Crippen LogP contribution in [0.3, 0.4) is 0 Å². The van der Waals surface area contributed by atoms with Crippen molar-refractivity contribution in [2.45, 2.75) is 19.9 Å². The van der Waals surface area contributed by atoms with Crippen molar-refractivity contribution in [3.8, 4) is 12.3 Å². The van der Waals surface area contributed by atoms with Gasteiger partial charge in [0.1, 0.15) is 0 Å². The lowest BCUT2D eigenvalue weighted by Crippen LogP contribution is -2.18. The van der Waals surface area contributed by atoms with Crippen LogP contribution in [0.1, 0.15) is 17.1 Å². The Hall–Kier alpha value is -0.850. The maximum Gasteiger partial charge on any atom is 0.0897 e. The summed E-state index contributed by atoms with van der Waals surface area (Å²) in [6, 6.07) is 0. The third-order valence-corrected chi connectivity index (χ3v) is 2.56. The lowest BCUT2D eigenvalue weighted by atomic mass is 10.4. The molecule has 0 unspecified atom stereocenters. The predicted molar refractivity (Wildman–Crippen MR) is 56.6 cm³/mol. The Balaban J connectivity index is 2.37. The van der Waals surface area contributed by atoms with Gasteiger partial charge in [0.15, 0.2) is 0 Å². The number of nitrogens with zero attached hydrogens (tertiary/aromatic N) is 2. The Morgan fingerprint density at radius 2 is 2.46 bits per heavy atom. The molecule has 0 bridgehead atoms. The van der Waals surface area contributed by atoms with Crippen molar-refractivity contribution in [3.63, 3.8) is 0 Å². The van der Waals surface area contributed by atoms with E-state index in [-0.39, 0.29) is 0 Å². The lowest BCUT2D eigenvalue weighted by Gasteiger charge is -2.12. The van der Waals surface area contributed by atoms with Gasteiger partial charge >= 0.3 is 0 Å². The summed E-state index contributed by atoms with van der Waals surface area (Å²) in [4.78, 5) is 6.57. The molecule has 0 amide bonds. The van der Waals surface area contributed by atoms with E-state index in [0.29, 0.717) is 0 Å². The highest BCUT2D eigenvalue weighted by Gasteiger charge is 2.01. The van der Waals surface area contributed by atoms with E-state index in [1.807, 2.05) is 6.92 Å². The average molecular weight is 194 g/mol. The molecule has 0 fully saturated rings. The van der Waals surface area contributed by atoms with E-state index < -0.39 is 0 Å². The molecule has 0 atom stereocenters. The summed E-state index contributed by atoms with van der Waals surface area (Å²) in [7, 11) is 2.06. The van der Waals surface area contributed by atoms with Crippen LogP contribution in [0.15, 0.2) is 5.38 Å². The normalized spacial score (nSPS) is 10.3. The Morgan fingerprint density at radius 1 is 1.69 bits per heavy atom. The van der Waals surface area contributed by atoms with Crippen molar-refractivity contribution < 1.29 is 0 Å². The minimum Gasteiger partial charge on any atom is -0.300 e. The Bertz CT molecular complexity index is 298. The monoisotopic (exact) mass is 194 g/mol. The van der Waals surface area contributed by atoms with E-state index in [9.17, 15) is 0 Å². The zero-order valence-electron chi connectivity index (χ0n) is 8.08. The second kappa shape index (κ2) is 5.00. The van der Waals surface area contributed by atoms with Crippen molar-refractivity contribution in [2.75, 3.05) is 13.6 Å². The van der Waals surface area contributed by atoms with Crippen molar-refractivity contribution in [1.82, 2.24) is 9.88 Å². The second-order valence-electron chi connectivity index (χ2n) is 3.05. The highest BCUT2D eigenvalue weighted by atomic mass is 32.1. The molecule has 1 aromatic rings. The Kier molecular flexibility index (Phi) is 3.94. The lowest BCUT2D eigenvalue weighted by molar-refractivity contribution is 0.332. The molecular formula is C10H14N2S. The molecule has 13 heavy (non-hydrogen) atoms. The van der Waals surface area contributed by atoms with Crippen LogP contribution in [-0.4, -0.2) is 23.5 Å². The Labute approximate surface area is 83.6 Å². The van der Waals surface area contributed by atoms with Crippen LogP contribution in [0.2, 0.25) is 0 Å². The molecule has 2 nitrogen and oxygen atoms in total. The quantitative estimate of drug-likeness (QED) is 0.681. The highest BCUT2D eigenvalue weighted by Crippen LogP contribution is 2.09. The fourth-order valence-corrected chi connectivity index (χ4v) is 1.70. The number of aromatic nitrogens is 1. The minimum atomic E-state index is 0.805. The van der Waals surface area contributed by atoms with Crippen LogP contribution in [0.5, 0.6) is 0 Å². The summed E-state index contributed by atoms with van der Waals surface area (Å²) in [6.07, 6.45) is 5.99. The maximum atomic E-state index is 5.18. The average Bonchev–Trinajstić information content (AvgIpc) is 2.48. The minimum absolute atomic E-state index is 0.805. The first-order valence-electron chi connectivity index (χ1n) is 4.25. The molecule has 1 aromatic heterocycles. The number of thiazole rings is 1. The van der Waals surface area contributed by atoms with Crippen LogP contribution in [0.25, 0.3) is 0 Å². The molecule has 1 heterocycles. The van der Waals surface area contributed by atoms with E-state index >= 15 is 0 Å². The van der Waals surface area contributed by atoms with Gasteiger partial charge in [-0.15, -0.1) is 23.7 Å². The zero-order valence-corrected chi connectivity index (χ0v) is 8.90. The second-order valence-corrected chi connectivity index (χ2v) is 4.11. The predicted octanol–water partition coefficient (Wildman–Crippen LogP) is 1.91. The maximum absolute atomic E-state index is 5.18. The van der Waals surface area contributed by atoms with E-state index in [1.165, 1.54) is 0 Å². The van der Waals surface area contributed by atoms with Crippen LogP contribution in [0, 0.1) is 19.3 Å². The van der Waals surface area contributed by atoms with E-state index in [1.54, 1.807) is 11.3 Å². The molecule has 1 rings (SSSR count). The number of rotatable bonds is 4. The third kappa shape index (κ3) is 3.58. The van der Waals surface area contributed by atoms with Gasteiger partial charge in [-0.1, -0.05) is 0 Å². The molecule has 0 aliphatic rings. The summed E-state index contributed by atoms with van der Waals surface area (Å²) in [6.45, 7) is 3.86. The standard InChI is InChI=1S/C10H14N2S/c1-4-5-6-12(3)7-10-8-13-9(2)11-10/h1,8H,5-7H2,2-3H3. The third-order valence-electron chi connectivity index (χ3n) is 1.74. The fourth-order valence-electron chi connectivity index (χ4n) is 1.09. The largest absolute Gasteiger partial charge is 0.300 e. The number of hydrogen-bond donors (Lipinski definition) is 0. The summed E-state index contributed by atoms with van der Waals surface area (Å²) in [5.74, 6) is 2.63. The SMILES string of the molecule is C#CCCN(C)Cc1csc(C)n1. The van der Waals surface area contributed by atoms with Crippen LogP contribution >= 0.6 is 11.3 Å². The van der Waals surface area contributed by atoms with Crippen LogP contribution in [-0.2, 0) is 6.54 Å². The van der Waals surface area contributed by atoms with Gasteiger partial charge in [0.2, 0.25) is 0 Å². The van der Waals surface area contributed by atoms with Crippen molar-refractivity contribution in [3.05, 3.63) is 16.1 Å². The van der Waals surface area contributed by atoms with Gasteiger partial charge in [-0.05, 0) is 14.0 Å². The van der Waals surface area contributed by atoms with Crippen molar-refractivity contribution in [2.24, 2.45) is 0 Å². The molecule has 3 heteroatoms. The smallest absolute Gasteiger partial charge is 0.0897 e. The molecule has 0 saturated heterocycles. The number of terminal acetylenes is 1. The first-order chi connectivity index (χ1) is 6.22. The molecule has 0 spiro atoms. The van der Waals surface area contributed by atoms with Gasteiger partial charge in [0.25, 0.3) is 0 Å². The first-order valence-corrected chi connectivity index (χ1v) is 5.13. The first kappa shape index (κ1) is 10.2. The molecular weight excluding hydrogens is 180 g/mol. The zero-order chi connectivity index (χ0) is 9.68. The van der Waals surface area contributed by atoms with Crippen LogP contribution in [0.4, 0.5) is 0 Å². The fraction of sp³-hybridized carbons (Fsp3) is 0.500. The topological polar surface area (TPSA) is 16.1 Å². The molecule has 0 saturated carbocycles. The van der Waals surface area contributed by atoms with Gasteiger partial charge in [0.05, 0.1) is 10.7 Å². The molecule has 0 radical (unpaired) electrons.